The highest BCUT2D eigenvalue weighted by molar-refractivity contribution is 7.21. The third-order valence-corrected chi connectivity index (χ3v) is 6.31. The first-order valence-electron chi connectivity index (χ1n) is 6.91. The first kappa shape index (κ1) is 19.1. The quantitative estimate of drug-likeness (QED) is 0.744. The van der Waals surface area contributed by atoms with Crippen LogP contribution < -0.4 is 5.73 Å². The molecule has 0 radical (unpaired) electrons. The molecule has 2 aromatic rings. The minimum atomic E-state index is -0.0597. The summed E-state index contributed by atoms with van der Waals surface area (Å²) in [4.78, 5) is 15.1. The molecule has 1 saturated heterocycles. The van der Waals surface area contributed by atoms with E-state index < -0.39 is 0 Å². The maximum absolute atomic E-state index is 12.8. The predicted molar refractivity (Wildman–Crippen MR) is 102 cm³/mol. The maximum Gasteiger partial charge on any atom is 0.265 e. The number of benzene rings is 1. The van der Waals surface area contributed by atoms with Gasteiger partial charge in [-0.25, -0.2) is 0 Å². The molecule has 23 heavy (non-hydrogen) atoms. The van der Waals surface area contributed by atoms with Crippen LogP contribution in [0, 0.1) is 5.41 Å². The average molecular weight is 414 g/mol. The Bertz CT molecular complexity index is 764. The summed E-state index contributed by atoms with van der Waals surface area (Å²) in [7, 11) is 0. The Morgan fingerprint density at radius 2 is 2.09 bits per heavy atom. The lowest BCUT2D eigenvalue weighted by atomic mass is 9.90. The Kier molecular flexibility index (Phi) is 5.77. The zero-order valence-electron chi connectivity index (χ0n) is 12.4. The van der Waals surface area contributed by atoms with Gasteiger partial charge in [0.2, 0.25) is 0 Å². The van der Waals surface area contributed by atoms with Crippen molar-refractivity contribution in [1.82, 2.24) is 4.90 Å². The topological polar surface area (TPSA) is 46.3 Å². The van der Waals surface area contributed by atoms with E-state index in [-0.39, 0.29) is 23.7 Å². The summed E-state index contributed by atoms with van der Waals surface area (Å²) in [5, 5.41) is 2.11. The summed E-state index contributed by atoms with van der Waals surface area (Å²) in [5.41, 5.74) is 5.79. The molecule has 3 rings (SSSR count). The molecule has 1 aliphatic rings. The minimum Gasteiger partial charge on any atom is -0.337 e. The van der Waals surface area contributed by atoms with E-state index in [9.17, 15) is 4.79 Å². The third-order valence-electron chi connectivity index (χ3n) is 4.18. The normalized spacial score (nSPS) is 20.8. The molecule has 0 aliphatic carbocycles. The highest BCUT2D eigenvalue weighted by Crippen LogP contribution is 2.42. The Hall–Kier alpha value is -0.230. The van der Waals surface area contributed by atoms with E-state index in [1.54, 1.807) is 12.1 Å². The van der Waals surface area contributed by atoms with Crippen molar-refractivity contribution in [3.63, 3.8) is 0 Å². The summed E-state index contributed by atoms with van der Waals surface area (Å²) in [6.07, 6.45) is 0.907. The fraction of sp³-hybridized carbons (Fsp3) is 0.400. The number of hydrogen-bond acceptors (Lipinski definition) is 3. The van der Waals surface area contributed by atoms with Crippen molar-refractivity contribution in [2.45, 2.75) is 13.3 Å². The van der Waals surface area contributed by atoms with Gasteiger partial charge in [0, 0.05) is 28.2 Å². The standard InChI is InChI=1S/C15H15Cl3N2OS.ClH/c1-15(6-19)2-3-20(7-15)14(21)13-12(18)11-9(17)4-8(16)5-10(11)22-13;/h4-5H,2-3,6-7,19H2,1H3;1H. The average Bonchev–Trinajstić information content (AvgIpc) is 3.00. The van der Waals surface area contributed by atoms with Crippen LogP contribution in [0.25, 0.3) is 10.1 Å². The second kappa shape index (κ2) is 6.95. The lowest BCUT2D eigenvalue weighted by Crippen LogP contribution is -2.34. The monoisotopic (exact) mass is 412 g/mol. The van der Waals surface area contributed by atoms with E-state index >= 15 is 0 Å². The number of hydrogen-bond donors (Lipinski definition) is 1. The number of thiophene rings is 1. The fourth-order valence-electron chi connectivity index (χ4n) is 2.76. The summed E-state index contributed by atoms with van der Waals surface area (Å²) < 4.78 is 0.826. The van der Waals surface area contributed by atoms with Gasteiger partial charge in [0.25, 0.3) is 5.91 Å². The van der Waals surface area contributed by atoms with E-state index in [2.05, 4.69) is 6.92 Å². The van der Waals surface area contributed by atoms with Crippen LogP contribution in [-0.4, -0.2) is 30.4 Å². The number of halogens is 4. The highest BCUT2D eigenvalue weighted by atomic mass is 35.5. The maximum atomic E-state index is 12.8. The van der Waals surface area contributed by atoms with E-state index in [1.165, 1.54) is 11.3 Å². The van der Waals surface area contributed by atoms with Crippen molar-refractivity contribution in [1.29, 1.82) is 0 Å². The SMILES string of the molecule is CC1(CN)CCN(C(=O)c2sc3cc(Cl)cc(Cl)c3c2Cl)C1.Cl. The van der Waals surface area contributed by atoms with E-state index in [1.807, 2.05) is 4.90 Å². The predicted octanol–water partition coefficient (Wildman–Crippen LogP) is 5.09. The zero-order valence-corrected chi connectivity index (χ0v) is 16.3. The van der Waals surface area contributed by atoms with Crippen LogP contribution in [0.3, 0.4) is 0 Å². The molecule has 1 fully saturated rings. The number of likely N-dealkylation sites (tertiary alicyclic amines) is 1. The first-order valence-corrected chi connectivity index (χ1v) is 8.86. The van der Waals surface area contributed by atoms with E-state index in [0.29, 0.717) is 45.0 Å². The summed E-state index contributed by atoms with van der Waals surface area (Å²) >= 11 is 20.0. The molecule has 8 heteroatoms. The molecular formula is C15H16Cl4N2OS. The number of fused-ring (bicyclic) bond motifs is 1. The van der Waals surface area contributed by atoms with Gasteiger partial charge in [-0.15, -0.1) is 23.7 Å². The lowest BCUT2D eigenvalue weighted by molar-refractivity contribution is 0.0782. The summed E-state index contributed by atoms with van der Waals surface area (Å²) in [6.45, 7) is 4.02. The molecule has 0 spiro atoms. The van der Waals surface area contributed by atoms with Crippen molar-refractivity contribution < 1.29 is 4.79 Å². The molecular weight excluding hydrogens is 398 g/mol. The number of nitrogens with two attached hydrogens (primary N) is 1. The molecule has 1 aromatic carbocycles. The Morgan fingerprint density at radius 3 is 2.70 bits per heavy atom. The van der Waals surface area contributed by atoms with Gasteiger partial charge in [-0.2, -0.15) is 0 Å². The van der Waals surface area contributed by atoms with Crippen molar-refractivity contribution in [2.75, 3.05) is 19.6 Å². The molecule has 0 saturated carbocycles. The number of amides is 1. The summed E-state index contributed by atoms with van der Waals surface area (Å²) in [5.74, 6) is -0.0597. The van der Waals surface area contributed by atoms with Crippen LogP contribution in [0.15, 0.2) is 12.1 Å². The smallest absolute Gasteiger partial charge is 0.265 e. The van der Waals surface area contributed by atoms with E-state index in [4.69, 9.17) is 40.5 Å². The molecule has 1 aliphatic heterocycles. The minimum absolute atomic E-state index is 0. The van der Waals surface area contributed by atoms with E-state index in [0.717, 1.165) is 11.1 Å². The number of rotatable bonds is 2. The van der Waals surface area contributed by atoms with Crippen LogP contribution in [0.2, 0.25) is 15.1 Å². The molecule has 1 amide bonds. The number of carbonyl (C=O) groups is 1. The highest BCUT2D eigenvalue weighted by Gasteiger charge is 2.36. The molecule has 3 nitrogen and oxygen atoms in total. The molecule has 1 aromatic heterocycles. The van der Waals surface area contributed by atoms with Gasteiger partial charge < -0.3 is 10.6 Å². The Labute approximate surface area is 160 Å². The Morgan fingerprint density at radius 1 is 1.39 bits per heavy atom. The van der Waals surface area contributed by atoms with Crippen LogP contribution >= 0.6 is 58.5 Å². The molecule has 0 bridgehead atoms. The van der Waals surface area contributed by atoms with Gasteiger partial charge >= 0.3 is 0 Å². The van der Waals surface area contributed by atoms with Crippen molar-refractivity contribution in [3.05, 3.63) is 32.1 Å². The van der Waals surface area contributed by atoms with Crippen LogP contribution in [0.5, 0.6) is 0 Å². The van der Waals surface area contributed by atoms with Crippen molar-refractivity contribution in [3.8, 4) is 0 Å². The van der Waals surface area contributed by atoms with Crippen molar-refractivity contribution in [2.24, 2.45) is 11.1 Å². The molecule has 2 N–H and O–H groups in total. The largest absolute Gasteiger partial charge is 0.337 e. The second-order valence-electron chi connectivity index (χ2n) is 6.00. The first-order chi connectivity index (χ1) is 10.3. The second-order valence-corrected chi connectivity index (χ2v) is 8.27. The molecule has 126 valence electrons. The number of nitrogens with zero attached hydrogens (tertiary/aromatic N) is 1. The van der Waals surface area contributed by atoms with Crippen LogP contribution in [0.1, 0.15) is 23.0 Å². The van der Waals surface area contributed by atoms with Gasteiger partial charge in [0.15, 0.2) is 0 Å². The third kappa shape index (κ3) is 3.44. The molecule has 1 atom stereocenters. The number of carbonyl (C=O) groups excluding carboxylic acids is 1. The van der Waals surface area contributed by atoms with Gasteiger partial charge in [-0.3, -0.25) is 4.79 Å². The van der Waals surface area contributed by atoms with Gasteiger partial charge in [-0.1, -0.05) is 41.7 Å². The zero-order chi connectivity index (χ0) is 16.1. The molecule has 1 unspecified atom stereocenters. The van der Waals surface area contributed by atoms with Crippen LogP contribution in [-0.2, 0) is 0 Å². The fourth-order valence-corrected chi connectivity index (χ4v) is 5.10. The van der Waals surface area contributed by atoms with Crippen LogP contribution in [0.4, 0.5) is 0 Å². The summed E-state index contributed by atoms with van der Waals surface area (Å²) in [6, 6.07) is 3.42. The van der Waals surface area contributed by atoms with Gasteiger partial charge in [0.05, 0.1) is 10.0 Å². The van der Waals surface area contributed by atoms with Gasteiger partial charge in [0.1, 0.15) is 4.88 Å². The van der Waals surface area contributed by atoms with Crippen molar-refractivity contribution >= 4 is 74.5 Å². The van der Waals surface area contributed by atoms with Gasteiger partial charge in [-0.05, 0) is 30.5 Å². The lowest BCUT2D eigenvalue weighted by Gasteiger charge is -2.22. The molecule has 2 heterocycles. The Balaban J connectivity index is 0.00000192.